The Labute approximate surface area is 84.9 Å². The van der Waals surface area contributed by atoms with Gasteiger partial charge in [0.1, 0.15) is 0 Å². The summed E-state index contributed by atoms with van der Waals surface area (Å²) < 4.78 is 0. The van der Waals surface area contributed by atoms with Gasteiger partial charge in [-0.05, 0) is 29.9 Å². The van der Waals surface area contributed by atoms with E-state index in [0.717, 1.165) is 5.92 Å². The normalized spacial score (nSPS) is 17.9. The van der Waals surface area contributed by atoms with Gasteiger partial charge >= 0.3 is 0 Å². The van der Waals surface area contributed by atoms with Gasteiger partial charge in [0.15, 0.2) is 0 Å². The van der Waals surface area contributed by atoms with Crippen LogP contribution in [-0.2, 0) is 5.88 Å². The molecule has 0 aromatic heterocycles. The predicted octanol–water partition coefficient (Wildman–Crippen LogP) is 4.08. The minimum Gasteiger partial charge on any atom is -0.122 e. The predicted molar refractivity (Wildman–Crippen MR) is 57.2 cm³/mol. The molecule has 0 heterocycles. The Balaban J connectivity index is 2.12. The van der Waals surface area contributed by atoms with Crippen LogP contribution in [0.2, 0.25) is 0 Å². The summed E-state index contributed by atoms with van der Waals surface area (Å²) in [7, 11) is 0. The number of benzene rings is 1. The van der Waals surface area contributed by atoms with E-state index in [0.29, 0.717) is 5.88 Å². The molecule has 1 fully saturated rings. The van der Waals surface area contributed by atoms with Gasteiger partial charge < -0.3 is 0 Å². The van der Waals surface area contributed by atoms with Crippen molar-refractivity contribution >= 4 is 11.6 Å². The van der Waals surface area contributed by atoms with Crippen LogP contribution in [0.15, 0.2) is 24.3 Å². The lowest BCUT2D eigenvalue weighted by molar-refractivity contribution is 0.723. The summed E-state index contributed by atoms with van der Waals surface area (Å²) in [5, 5.41) is 0. The van der Waals surface area contributed by atoms with Crippen LogP contribution in [0.3, 0.4) is 0 Å². The lowest BCUT2D eigenvalue weighted by atomic mass is 9.97. The standard InChI is InChI=1S/C12H15Cl/c13-9-10-5-7-12(8-6-10)11-3-1-2-4-11/h5-8,11H,1-4,9H2. The van der Waals surface area contributed by atoms with Gasteiger partial charge in [-0.1, -0.05) is 37.1 Å². The summed E-state index contributed by atoms with van der Waals surface area (Å²) in [4.78, 5) is 0. The summed E-state index contributed by atoms with van der Waals surface area (Å²) in [6.45, 7) is 0. The molecule has 0 bridgehead atoms. The summed E-state index contributed by atoms with van der Waals surface area (Å²) in [5.74, 6) is 1.45. The fourth-order valence-corrected chi connectivity index (χ4v) is 2.32. The molecule has 1 aromatic rings. The Morgan fingerprint density at radius 1 is 1.08 bits per heavy atom. The molecule has 1 saturated carbocycles. The topological polar surface area (TPSA) is 0 Å². The molecule has 0 atom stereocenters. The number of hydrogen-bond acceptors (Lipinski definition) is 0. The van der Waals surface area contributed by atoms with E-state index in [-0.39, 0.29) is 0 Å². The second-order valence-corrected chi connectivity index (χ2v) is 4.12. The van der Waals surface area contributed by atoms with Gasteiger partial charge in [0, 0.05) is 5.88 Å². The van der Waals surface area contributed by atoms with Crippen LogP contribution in [0.5, 0.6) is 0 Å². The fourth-order valence-electron chi connectivity index (χ4n) is 2.14. The van der Waals surface area contributed by atoms with Crippen LogP contribution in [0.1, 0.15) is 42.7 Å². The molecule has 0 spiro atoms. The van der Waals surface area contributed by atoms with Crippen LogP contribution in [0.25, 0.3) is 0 Å². The molecule has 0 saturated heterocycles. The Morgan fingerprint density at radius 2 is 1.69 bits per heavy atom. The molecule has 0 nitrogen and oxygen atoms in total. The zero-order valence-electron chi connectivity index (χ0n) is 7.80. The van der Waals surface area contributed by atoms with Gasteiger partial charge in [-0.15, -0.1) is 11.6 Å². The SMILES string of the molecule is ClCc1ccc(C2CCCC2)cc1. The van der Waals surface area contributed by atoms with Crippen LogP contribution in [0, 0.1) is 0 Å². The molecule has 0 N–H and O–H groups in total. The van der Waals surface area contributed by atoms with Crippen LogP contribution in [0.4, 0.5) is 0 Å². The summed E-state index contributed by atoms with van der Waals surface area (Å²) in [5.41, 5.74) is 2.73. The van der Waals surface area contributed by atoms with E-state index in [9.17, 15) is 0 Å². The number of halogens is 1. The van der Waals surface area contributed by atoms with Crippen molar-refractivity contribution < 1.29 is 0 Å². The number of hydrogen-bond donors (Lipinski definition) is 0. The van der Waals surface area contributed by atoms with Crippen molar-refractivity contribution in [1.29, 1.82) is 0 Å². The maximum atomic E-state index is 5.74. The highest BCUT2D eigenvalue weighted by Gasteiger charge is 2.16. The smallest absolute Gasteiger partial charge is 0.0474 e. The van der Waals surface area contributed by atoms with Crippen LogP contribution >= 0.6 is 11.6 Å². The lowest BCUT2D eigenvalue weighted by Gasteiger charge is -2.09. The molecule has 2 rings (SSSR count). The van der Waals surface area contributed by atoms with Crippen molar-refractivity contribution in [3.05, 3.63) is 35.4 Å². The first-order valence-corrected chi connectivity index (χ1v) is 5.58. The molecular formula is C12H15Cl. The zero-order valence-corrected chi connectivity index (χ0v) is 8.56. The van der Waals surface area contributed by atoms with E-state index in [4.69, 9.17) is 11.6 Å². The molecule has 1 heteroatoms. The van der Waals surface area contributed by atoms with E-state index in [2.05, 4.69) is 24.3 Å². The molecule has 0 aliphatic heterocycles. The third-order valence-electron chi connectivity index (χ3n) is 2.96. The largest absolute Gasteiger partial charge is 0.122 e. The molecule has 0 amide bonds. The van der Waals surface area contributed by atoms with Gasteiger partial charge in [0.2, 0.25) is 0 Å². The van der Waals surface area contributed by atoms with E-state index < -0.39 is 0 Å². The second-order valence-electron chi connectivity index (χ2n) is 3.86. The third-order valence-corrected chi connectivity index (χ3v) is 3.27. The van der Waals surface area contributed by atoms with Gasteiger partial charge in [-0.3, -0.25) is 0 Å². The first-order valence-electron chi connectivity index (χ1n) is 5.05. The van der Waals surface area contributed by atoms with Crippen molar-refractivity contribution in [1.82, 2.24) is 0 Å². The van der Waals surface area contributed by atoms with Gasteiger partial charge in [0.25, 0.3) is 0 Å². The average Bonchev–Trinajstić information content (AvgIpc) is 2.71. The second kappa shape index (κ2) is 4.15. The van der Waals surface area contributed by atoms with Crippen LogP contribution in [-0.4, -0.2) is 0 Å². The van der Waals surface area contributed by atoms with Crippen molar-refractivity contribution in [2.24, 2.45) is 0 Å². The zero-order chi connectivity index (χ0) is 9.10. The van der Waals surface area contributed by atoms with E-state index in [1.54, 1.807) is 0 Å². The average molecular weight is 195 g/mol. The summed E-state index contributed by atoms with van der Waals surface area (Å²) in [6.07, 6.45) is 5.56. The molecular weight excluding hydrogens is 180 g/mol. The Kier molecular flexibility index (Phi) is 2.90. The van der Waals surface area contributed by atoms with Crippen LogP contribution < -0.4 is 0 Å². The highest BCUT2D eigenvalue weighted by Crippen LogP contribution is 2.33. The number of rotatable bonds is 2. The Bertz CT molecular complexity index is 257. The molecule has 0 radical (unpaired) electrons. The Hall–Kier alpha value is -0.490. The van der Waals surface area contributed by atoms with Crippen molar-refractivity contribution in [3.8, 4) is 0 Å². The lowest BCUT2D eigenvalue weighted by Crippen LogP contribution is -1.91. The minimum atomic E-state index is 0.630. The molecule has 1 aliphatic rings. The van der Waals surface area contributed by atoms with Crippen molar-refractivity contribution in [3.63, 3.8) is 0 Å². The quantitative estimate of drug-likeness (QED) is 0.623. The van der Waals surface area contributed by atoms with Crippen molar-refractivity contribution in [2.45, 2.75) is 37.5 Å². The first-order chi connectivity index (χ1) is 6.40. The molecule has 0 unspecified atom stereocenters. The van der Waals surface area contributed by atoms with E-state index >= 15 is 0 Å². The number of alkyl halides is 1. The van der Waals surface area contributed by atoms with Gasteiger partial charge in [0.05, 0.1) is 0 Å². The Morgan fingerprint density at radius 3 is 2.23 bits per heavy atom. The maximum Gasteiger partial charge on any atom is 0.0474 e. The maximum absolute atomic E-state index is 5.74. The van der Waals surface area contributed by atoms with Crippen molar-refractivity contribution in [2.75, 3.05) is 0 Å². The minimum absolute atomic E-state index is 0.630. The monoisotopic (exact) mass is 194 g/mol. The summed E-state index contributed by atoms with van der Waals surface area (Å²) >= 11 is 5.74. The highest BCUT2D eigenvalue weighted by atomic mass is 35.5. The molecule has 13 heavy (non-hydrogen) atoms. The van der Waals surface area contributed by atoms with Gasteiger partial charge in [-0.2, -0.15) is 0 Å². The highest BCUT2D eigenvalue weighted by molar-refractivity contribution is 6.17. The third kappa shape index (κ3) is 2.05. The molecule has 1 aromatic carbocycles. The molecule has 1 aliphatic carbocycles. The van der Waals surface area contributed by atoms with Gasteiger partial charge in [-0.25, -0.2) is 0 Å². The summed E-state index contributed by atoms with van der Waals surface area (Å²) in [6, 6.07) is 8.79. The first kappa shape index (κ1) is 9.08. The van der Waals surface area contributed by atoms with E-state index in [1.165, 1.54) is 36.8 Å². The van der Waals surface area contributed by atoms with E-state index in [1.807, 2.05) is 0 Å². The molecule has 70 valence electrons. The fraction of sp³-hybridized carbons (Fsp3) is 0.500.